The molecule has 0 spiro atoms. The van der Waals surface area contributed by atoms with Crippen molar-refractivity contribution < 1.29 is 9.53 Å². The Balaban J connectivity index is 1.55. The Labute approximate surface area is 150 Å². The monoisotopic (exact) mass is 365 g/mol. The van der Waals surface area contributed by atoms with E-state index in [9.17, 15) is 4.79 Å². The van der Waals surface area contributed by atoms with E-state index in [4.69, 9.17) is 16.3 Å². The van der Waals surface area contributed by atoms with Gasteiger partial charge in [0.1, 0.15) is 5.01 Å². The molecule has 1 aromatic carbocycles. The molecule has 0 bridgehead atoms. The molecule has 0 saturated carbocycles. The van der Waals surface area contributed by atoms with Gasteiger partial charge in [0.05, 0.1) is 31.9 Å². The summed E-state index contributed by atoms with van der Waals surface area (Å²) in [6, 6.07) is 5.46. The fourth-order valence-electron chi connectivity index (χ4n) is 2.54. The van der Waals surface area contributed by atoms with Gasteiger partial charge in [-0.05, 0) is 24.6 Å². The lowest BCUT2D eigenvalue weighted by molar-refractivity contribution is -0.115. The van der Waals surface area contributed by atoms with E-state index in [-0.39, 0.29) is 12.3 Å². The number of thiazole rings is 1. The van der Waals surface area contributed by atoms with Gasteiger partial charge in [-0.15, -0.1) is 11.3 Å². The van der Waals surface area contributed by atoms with Crippen LogP contribution in [0.2, 0.25) is 5.02 Å². The number of hydrogen-bond acceptors (Lipinski definition) is 5. The molecule has 2 aromatic rings. The number of carbonyl (C=O) groups is 1. The van der Waals surface area contributed by atoms with Crippen LogP contribution in [0.1, 0.15) is 16.3 Å². The lowest BCUT2D eigenvalue weighted by Gasteiger charge is -2.25. The van der Waals surface area contributed by atoms with Crippen LogP contribution in [-0.2, 0) is 22.5 Å². The number of amides is 1. The van der Waals surface area contributed by atoms with Gasteiger partial charge in [-0.1, -0.05) is 17.7 Å². The number of nitrogens with one attached hydrogen (secondary N) is 1. The van der Waals surface area contributed by atoms with Gasteiger partial charge in [-0.2, -0.15) is 0 Å². The minimum absolute atomic E-state index is 0.0800. The first-order chi connectivity index (χ1) is 11.6. The van der Waals surface area contributed by atoms with E-state index in [2.05, 4.69) is 15.2 Å². The zero-order chi connectivity index (χ0) is 16.9. The number of carbonyl (C=O) groups excluding carboxylic acids is 1. The van der Waals surface area contributed by atoms with Gasteiger partial charge < -0.3 is 10.1 Å². The van der Waals surface area contributed by atoms with E-state index in [0.717, 1.165) is 54.8 Å². The average molecular weight is 366 g/mol. The van der Waals surface area contributed by atoms with Gasteiger partial charge in [0.15, 0.2) is 0 Å². The zero-order valence-electron chi connectivity index (χ0n) is 13.5. The predicted molar refractivity (Wildman–Crippen MR) is 96.7 cm³/mol. The van der Waals surface area contributed by atoms with Gasteiger partial charge in [0.25, 0.3) is 0 Å². The van der Waals surface area contributed by atoms with Gasteiger partial charge >= 0.3 is 0 Å². The number of rotatable bonds is 5. The van der Waals surface area contributed by atoms with Crippen LogP contribution in [0.5, 0.6) is 0 Å². The molecule has 1 N–H and O–H groups in total. The molecule has 1 aliphatic heterocycles. The zero-order valence-corrected chi connectivity index (χ0v) is 15.1. The quantitative estimate of drug-likeness (QED) is 0.884. The molecule has 0 unspecified atom stereocenters. The van der Waals surface area contributed by atoms with Crippen molar-refractivity contribution in [2.75, 3.05) is 31.6 Å². The van der Waals surface area contributed by atoms with E-state index >= 15 is 0 Å². The van der Waals surface area contributed by atoms with Crippen molar-refractivity contribution in [3.05, 3.63) is 44.9 Å². The molecule has 1 aromatic heterocycles. The fourth-order valence-corrected chi connectivity index (χ4v) is 3.55. The van der Waals surface area contributed by atoms with E-state index in [1.54, 1.807) is 17.4 Å². The highest BCUT2D eigenvalue weighted by Crippen LogP contribution is 2.20. The SMILES string of the molecule is Cc1ccc(Cl)cc1NC(=O)Cc1csc(CN2CCOCC2)n1. The van der Waals surface area contributed by atoms with E-state index in [1.807, 2.05) is 24.4 Å². The summed E-state index contributed by atoms with van der Waals surface area (Å²) in [5.74, 6) is -0.0800. The third-order valence-corrected chi connectivity index (χ3v) is 4.99. The van der Waals surface area contributed by atoms with Crippen molar-refractivity contribution in [2.45, 2.75) is 19.9 Å². The highest BCUT2D eigenvalue weighted by molar-refractivity contribution is 7.09. The molecule has 7 heteroatoms. The maximum Gasteiger partial charge on any atom is 0.230 e. The number of aromatic nitrogens is 1. The summed E-state index contributed by atoms with van der Waals surface area (Å²) < 4.78 is 5.35. The summed E-state index contributed by atoms with van der Waals surface area (Å²) in [5.41, 5.74) is 2.54. The Kier molecular flexibility index (Phi) is 5.84. The Morgan fingerprint density at radius 3 is 3.00 bits per heavy atom. The van der Waals surface area contributed by atoms with Crippen LogP contribution in [0.25, 0.3) is 0 Å². The number of halogens is 1. The molecular weight excluding hydrogens is 346 g/mol. The first-order valence-electron chi connectivity index (χ1n) is 7.89. The first-order valence-corrected chi connectivity index (χ1v) is 9.15. The second-order valence-electron chi connectivity index (χ2n) is 5.81. The molecule has 2 heterocycles. The summed E-state index contributed by atoms with van der Waals surface area (Å²) in [5, 5.41) is 6.51. The topological polar surface area (TPSA) is 54.5 Å². The fraction of sp³-hybridized carbons (Fsp3) is 0.412. The third-order valence-electron chi connectivity index (χ3n) is 3.88. The molecule has 24 heavy (non-hydrogen) atoms. The Bertz CT molecular complexity index is 714. The van der Waals surface area contributed by atoms with E-state index in [0.29, 0.717) is 5.02 Å². The minimum atomic E-state index is -0.0800. The van der Waals surface area contributed by atoms with E-state index in [1.165, 1.54) is 0 Å². The highest BCUT2D eigenvalue weighted by atomic mass is 35.5. The summed E-state index contributed by atoms with van der Waals surface area (Å²) in [6.07, 6.45) is 0.269. The molecule has 5 nitrogen and oxygen atoms in total. The number of nitrogens with zero attached hydrogens (tertiary/aromatic N) is 2. The molecule has 1 fully saturated rings. The van der Waals surface area contributed by atoms with Crippen LogP contribution in [0.15, 0.2) is 23.6 Å². The molecule has 0 radical (unpaired) electrons. The number of ether oxygens (including phenoxy) is 1. The maximum atomic E-state index is 12.2. The number of anilines is 1. The van der Waals surface area contributed by atoms with Crippen molar-refractivity contribution >= 4 is 34.5 Å². The smallest absolute Gasteiger partial charge is 0.230 e. The van der Waals surface area contributed by atoms with Gasteiger partial charge in [-0.3, -0.25) is 9.69 Å². The van der Waals surface area contributed by atoms with Crippen LogP contribution in [0.4, 0.5) is 5.69 Å². The van der Waals surface area contributed by atoms with Crippen molar-refractivity contribution in [1.29, 1.82) is 0 Å². The van der Waals surface area contributed by atoms with Gasteiger partial charge in [0.2, 0.25) is 5.91 Å². The van der Waals surface area contributed by atoms with Crippen LogP contribution < -0.4 is 5.32 Å². The Morgan fingerprint density at radius 2 is 2.21 bits per heavy atom. The molecule has 0 atom stereocenters. The Hall–Kier alpha value is -1.47. The molecule has 0 aliphatic carbocycles. The van der Waals surface area contributed by atoms with Crippen molar-refractivity contribution in [3.63, 3.8) is 0 Å². The van der Waals surface area contributed by atoms with Crippen LogP contribution in [-0.4, -0.2) is 42.1 Å². The number of hydrogen-bond donors (Lipinski definition) is 1. The van der Waals surface area contributed by atoms with Crippen LogP contribution >= 0.6 is 22.9 Å². The normalized spacial score (nSPS) is 15.4. The molecule has 1 aliphatic rings. The summed E-state index contributed by atoms with van der Waals surface area (Å²) in [6.45, 7) is 6.18. The predicted octanol–water partition coefficient (Wildman–Crippen LogP) is 3.12. The number of morpholine rings is 1. The summed E-state index contributed by atoms with van der Waals surface area (Å²) >= 11 is 7.58. The summed E-state index contributed by atoms with van der Waals surface area (Å²) in [4.78, 5) is 19.1. The average Bonchev–Trinajstić information content (AvgIpc) is 2.98. The highest BCUT2D eigenvalue weighted by Gasteiger charge is 2.14. The lowest BCUT2D eigenvalue weighted by Crippen LogP contribution is -2.35. The molecule has 1 amide bonds. The van der Waals surface area contributed by atoms with Crippen LogP contribution in [0, 0.1) is 6.92 Å². The molecule has 3 rings (SSSR count). The van der Waals surface area contributed by atoms with Crippen molar-refractivity contribution in [1.82, 2.24) is 9.88 Å². The second-order valence-corrected chi connectivity index (χ2v) is 7.18. The van der Waals surface area contributed by atoms with Crippen LogP contribution in [0.3, 0.4) is 0 Å². The molecule has 128 valence electrons. The first kappa shape index (κ1) is 17.4. The lowest BCUT2D eigenvalue weighted by atomic mass is 10.2. The van der Waals surface area contributed by atoms with Crippen molar-refractivity contribution in [3.8, 4) is 0 Å². The summed E-state index contributed by atoms with van der Waals surface area (Å²) in [7, 11) is 0. The van der Waals surface area contributed by atoms with E-state index < -0.39 is 0 Å². The minimum Gasteiger partial charge on any atom is -0.379 e. The second kappa shape index (κ2) is 8.07. The Morgan fingerprint density at radius 1 is 1.42 bits per heavy atom. The number of benzene rings is 1. The molecule has 1 saturated heterocycles. The van der Waals surface area contributed by atoms with Crippen molar-refractivity contribution in [2.24, 2.45) is 0 Å². The van der Waals surface area contributed by atoms with Gasteiger partial charge in [0, 0.05) is 29.2 Å². The third kappa shape index (κ3) is 4.77. The van der Waals surface area contributed by atoms with Gasteiger partial charge in [-0.25, -0.2) is 4.98 Å². The number of aryl methyl sites for hydroxylation is 1. The largest absolute Gasteiger partial charge is 0.379 e. The molecular formula is C17H20ClN3O2S. The maximum absolute atomic E-state index is 12.2. The standard InChI is InChI=1S/C17H20ClN3O2S/c1-12-2-3-13(18)8-15(12)20-16(22)9-14-11-24-17(19-14)10-21-4-6-23-7-5-21/h2-3,8,11H,4-7,9-10H2,1H3,(H,20,22).